The Bertz CT molecular complexity index is 662. The maximum absolute atomic E-state index is 5.80. The molecule has 3 aromatic rings. The van der Waals surface area contributed by atoms with E-state index in [0.29, 0.717) is 11.7 Å². The van der Waals surface area contributed by atoms with Crippen LogP contribution in [0.3, 0.4) is 0 Å². The Hall–Kier alpha value is -1.94. The van der Waals surface area contributed by atoms with Gasteiger partial charge in [0.05, 0.1) is 23.3 Å². The second-order valence-electron chi connectivity index (χ2n) is 3.64. The standard InChI is InChI=1S/C12H9ClN4/c13-6-12-16-15-8-17(12)10-5-9-3-1-2-4-11(9)14-7-10/h1-5,7-8H,6H2. The number of pyridine rings is 1. The quantitative estimate of drug-likeness (QED) is 0.651. The highest BCUT2D eigenvalue weighted by Crippen LogP contribution is 2.16. The van der Waals surface area contributed by atoms with E-state index in [4.69, 9.17) is 11.6 Å². The number of rotatable bonds is 2. The summed E-state index contributed by atoms with van der Waals surface area (Å²) in [7, 11) is 0. The molecule has 0 radical (unpaired) electrons. The molecule has 0 bridgehead atoms. The van der Waals surface area contributed by atoms with Gasteiger partial charge in [0.25, 0.3) is 0 Å². The highest BCUT2D eigenvalue weighted by molar-refractivity contribution is 6.16. The van der Waals surface area contributed by atoms with Crippen LogP contribution >= 0.6 is 11.6 Å². The molecular formula is C12H9ClN4. The summed E-state index contributed by atoms with van der Waals surface area (Å²) in [5.74, 6) is 1.04. The van der Waals surface area contributed by atoms with Gasteiger partial charge in [-0.05, 0) is 12.1 Å². The highest BCUT2D eigenvalue weighted by Gasteiger charge is 2.05. The van der Waals surface area contributed by atoms with Gasteiger partial charge in [-0.3, -0.25) is 9.55 Å². The van der Waals surface area contributed by atoms with Gasteiger partial charge in [0.2, 0.25) is 0 Å². The normalized spacial score (nSPS) is 10.9. The summed E-state index contributed by atoms with van der Waals surface area (Å²) < 4.78 is 1.84. The Morgan fingerprint density at radius 2 is 2.12 bits per heavy atom. The van der Waals surface area contributed by atoms with Crippen molar-refractivity contribution in [1.29, 1.82) is 0 Å². The van der Waals surface area contributed by atoms with Gasteiger partial charge >= 0.3 is 0 Å². The summed E-state index contributed by atoms with van der Waals surface area (Å²) in [5, 5.41) is 8.88. The third-order valence-corrected chi connectivity index (χ3v) is 2.83. The molecule has 84 valence electrons. The predicted octanol–water partition coefficient (Wildman–Crippen LogP) is 2.55. The number of para-hydroxylation sites is 1. The maximum Gasteiger partial charge on any atom is 0.152 e. The summed E-state index contributed by atoms with van der Waals surface area (Å²) in [4.78, 5) is 4.39. The number of halogens is 1. The SMILES string of the molecule is ClCc1nncn1-c1cnc2ccccc2c1. The zero-order valence-corrected chi connectivity index (χ0v) is 9.67. The fourth-order valence-corrected chi connectivity index (χ4v) is 1.94. The number of nitrogens with zero attached hydrogens (tertiary/aromatic N) is 4. The van der Waals surface area contributed by atoms with E-state index in [0.717, 1.165) is 16.6 Å². The first-order valence-corrected chi connectivity index (χ1v) is 5.72. The van der Waals surface area contributed by atoms with E-state index in [9.17, 15) is 0 Å². The van der Waals surface area contributed by atoms with Gasteiger partial charge in [-0.15, -0.1) is 21.8 Å². The molecule has 0 spiro atoms. The molecule has 0 aliphatic carbocycles. The van der Waals surface area contributed by atoms with Gasteiger partial charge in [0.1, 0.15) is 6.33 Å². The van der Waals surface area contributed by atoms with Crippen LogP contribution in [0.25, 0.3) is 16.6 Å². The Morgan fingerprint density at radius 1 is 1.24 bits per heavy atom. The molecule has 0 N–H and O–H groups in total. The maximum atomic E-state index is 5.80. The van der Waals surface area contributed by atoms with Crippen molar-refractivity contribution in [2.45, 2.75) is 5.88 Å². The molecule has 0 atom stereocenters. The molecule has 5 heteroatoms. The smallest absolute Gasteiger partial charge is 0.152 e. The fourth-order valence-electron chi connectivity index (χ4n) is 1.76. The number of hydrogen-bond acceptors (Lipinski definition) is 3. The van der Waals surface area contributed by atoms with Gasteiger partial charge in [-0.2, -0.15) is 0 Å². The zero-order chi connectivity index (χ0) is 11.7. The number of fused-ring (bicyclic) bond motifs is 1. The highest BCUT2D eigenvalue weighted by atomic mass is 35.5. The lowest BCUT2D eigenvalue weighted by Crippen LogP contribution is -1.98. The lowest BCUT2D eigenvalue weighted by molar-refractivity contribution is 0.947. The fraction of sp³-hybridized carbons (Fsp3) is 0.0833. The van der Waals surface area contributed by atoms with E-state index in [-0.39, 0.29) is 0 Å². The lowest BCUT2D eigenvalue weighted by Gasteiger charge is -2.05. The van der Waals surface area contributed by atoms with Gasteiger partial charge in [-0.25, -0.2) is 0 Å². The third kappa shape index (κ3) is 1.76. The summed E-state index contributed by atoms with van der Waals surface area (Å²) in [5.41, 5.74) is 1.89. The Kier molecular flexibility index (Phi) is 2.49. The Morgan fingerprint density at radius 3 is 3.00 bits per heavy atom. The van der Waals surface area contributed by atoms with Crippen LogP contribution in [0.15, 0.2) is 42.9 Å². The zero-order valence-electron chi connectivity index (χ0n) is 8.92. The molecule has 0 aliphatic rings. The minimum absolute atomic E-state index is 0.326. The van der Waals surface area contributed by atoms with Crippen molar-refractivity contribution in [3.63, 3.8) is 0 Å². The molecule has 0 saturated carbocycles. The molecule has 17 heavy (non-hydrogen) atoms. The van der Waals surface area contributed by atoms with Crippen molar-refractivity contribution < 1.29 is 0 Å². The van der Waals surface area contributed by atoms with Crippen molar-refractivity contribution in [2.24, 2.45) is 0 Å². The van der Waals surface area contributed by atoms with E-state index in [1.165, 1.54) is 0 Å². The van der Waals surface area contributed by atoms with Crippen molar-refractivity contribution in [3.05, 3.63) is 48.7 Å². The molecule has 2 heterocycles. The van der Waals surface area contributed by atoms with Crippen LogP contribution in [-0.4, -0.2) is 19.7 Å². The van der Waals surface area contributed by atoms with Crippen LogP contribution in [0.4, 0.5) is 0 Å². The first-order chi connectivity index (χ1) is 8.38. The lowest BCUT2D eigenvalue weighted by atomic mass is 10.2. The van der Waals surface area contributed by atoms with Crippen molar-refractivity contribution in [3.8, 4) is 5.69 Å². The first-order valence-electron chi connectivity index (χ1n) is 5.18. The van der Waals surface area contributed by atoms with Crippen LogP contribution in [0, 0.1) is 0 Å². The molecule has 4 nitrogen and oxygen atoms in total. The van der Waals surface area contributed by atoms with Gasteiger partial charge < -0.3 is 0 Å². The molecule has 0 aliphatic heterocycles. The van der Waals surface area contributed by atoms with Gasteiger partial charge in [0, 0.05) is 5.39 Å². The summed E-state index contributed by atoms with van der Waals surface area (Å²) in [6.07, 6.45) is 3.44. The molecule has 1 aromatic carbocycles. The van der Waals surface area contributed by atoms with E-state index in [2.05, 4.69) is 15.2 Å². The number of aromatic nitrogens is 4. The molecule has 0 saturated heterocycles. The van der Waals surface area contributed by atoms with Gasteiger partial charge in [0.15, 0.2) is 5.82 Å². The average molecular weight is 245 g/mol. The predicted molar refractivity (Wildman–Crippen MR) is 66.2 cm³/mol. The molecule has 0 amide bonds. The van der Waals surface area contributed by atoms with Crippen LogP contribution in [0.5, 0.6) is 0 Å². The van der Waals surface area contributed by atoms with Crippen LogP contribution in [-0.2, 0) is 5.88 Å². The van der Waals surface area contributed by atoms with E-state index >= 15 is 0 Å². The largest absolute Gasteiger partial charge is 0.283 e. The molecule has 0 unspecified atom stereocenters. The van der Waals surface area contributed by atoms with Crippen molar-refractivity contribution >= 4 is 22.5 Å². The molecule has 0 fully saturated rings. The number of alkyl halides is 1. The van der Waals surface area contributed by atoms with Crippen LogP contribution in [0.1, 0.15) is 5.82 Å². The monoisotopic (exact) mass is 244 g/mol. The van der Waals surface area contributed by atoms with Gasteiger partial charge in [-0.1, -0.05) is 18.2 Å². The average Bonchev–Trinajstić information content (AvgIpc) is 2.86. The third-order valence-electron chi connectivity index (χ3n) is 2.59. The Balaban J connectivity index is 2.18. The minimum atomic E-state index is 0.326. The number of hydrogen-bond donors (Lipinski definition) is 0. The van der Waals surface area contributed by atoms with E-state index in [1.807, 2.05) is 34.9 Å². The van der Waals surface area contributed by atoms with E-state index < -0.39 is 0 Å². The first kappa shape index (κ1) is 10.2. The number of benzene rings is 1. The summed E-state index contributed by atoms with van der Waals surface area (Å²) >= 11 is 5.80. The van der Waals surface area contributed by atoms with Crippen molar-refractivity contribution in [1.82, 2.24) is 19.7 Å². The Labute approximate surface area is 103 Å². The molecule has 3 rings (SSSR count). The van der Waals surface area contributed by atoms with Crippen LogP contribution < -0.4 is 0 Å². The second-order valence-corrected chi connectivity index (χ2v) is 3.90. The molecular weight excluding hydrogens is 236 g/mol. The summed E-state index contributed by atoms with van der Waals surface area (Å²) in [6, 6.07) is 10.0. The topological polar surface area (TPSA) is 43.6 Å². The van der Waals surface area contributed by atoms with E-state index in [1.54, 1.807) is 12.5 Å². The second kappa shape index (κ2) is 4.14. The molecule has 2 aromatic heterocycles. The van der Waals surface area contributed by atoms with Crippen molar-refractivity contribution in [2.75, 3.05) is 0 Å². The summed E-state index contributed by atoms with van der Waals surface area (Å²) in [6.45, 7) is 0. The minimum Gasteiger partial charge on any atom is -0.283 e. The van der Waals surface area contributed by atoms with Crippen LogP contribution in [0.2, 0.25) is 0 Å².